The lowest BCUT2D eigenvalue weighted by Gasteiger charge is -2.39. The summed E-state index contributed by atoms with van der Waals surface area (Å²) in [5.41, 5.74) is 0.0473. The molecular weight excluding hydrogens is 212 g/mol. The fourth-order valence-electron chi connectivity index (χ4n) is 0.845. The minimum absolute atomic E-state index is 0.0473. The van der Waals surface area contributed by atoms with Crippen LogP contribution in [-0.4, -0.2) is 31.1 Å². The summed E-state index contributed by atoms with van der Waals surface area (Å²) in [5, 5.41) is 0.827. The molecule has 4 heteroatoms. The molecule has 0 aliphatic carbocycles. The zero-order chi connectivity index (χ0) is 8.32. The molecule has 0 bridgehead atoms. The van der Waals surface area contributed by atoms with Crippen molar-refractivity contribution in [3.05, 3.63) is 0 Å². The third-order valence-corrected chi connectivity index (χ3v) is 2.87. The maximum absolute atomic E-state index is 10.5. The van der Waals surface area contributed by atoms with Crippen molar-refractivity contribution in [1.29, 1.82) is 0 Å². The zero-order valence-corrected chi connectivity index (χ0v) is 8.02. The fourth-order valence-corrected chi connectivity index (χ4v) is 1.33. The number of halogens is 1. The molecule has 0 aromatic carbocycles. The van der Waals surface area contributed by atoms with Crippen molar-refractivity contribution in [3.8, 4) is 0 Å². The first kappa shape index (κ1) is 9.00. The lowest BCUT2D eigenvalue weighted by molar-refractivity contribution is -0.161. The molecule has 0 aromatic heterocycles. The first-order valence-electron chi connectivity index (χ1n) is 3.46. The average Bonchev–Trinajstić information content (AvgIpc) is 1.86. The standard InChI is InChI=1S/C7H11BrO3/c1-6(9)11-5-7(2-8)3-10-4-7/h2-5H2,1H3. The number of ether oxygens (including phenoxy) is 2. The molecular formula is C7H11BrO3. The van der Waals surface area contributed by atoms with E-state index in [1.165, 1.54) is 6.92 Å². The molecule has 1 fully saturated rings. The van der Waals surface area contributed by atoms with E-state index in [1.54, 1.807) is 0 Å². The number of carbonyl (C=O) groups excluding carboxylic acids is 1. The molecule has 0 spiro atoms. The minimum atomic E-state index is -0.225. The molecule has 3 nitrogen and oxygen atoms in total. The van der Waals surface area contributed by atoms with Crippen LogP contribution in [0, 0.1) is 5.41 Å². The molecule has 0 radical (unpaired) electrons. The highest BCUT2D eigenvalue weighted by Gasteiger charge is 2.38. The second kappa shape index (κ2) is 3.54. The van der Waals surface area contributed by atoms with E-state index in [0.29, 0.717) is 19.8 Å². The number of hydrogen-bond acceptors (Lipinski definition) is 3. The summed E-state index contributed by atoms with van der Waals surface area (Å²) in [6.07, 6.45) is 0. The lowest BCUT2D eigenvalue weighted by Crippen LogP contribution is -2.48. The normalized spacial score (nSPS) is 20.5. The molecule has 1 heterocycles. The highest BCUT2D eigenvalue weighted by molar-refractivity contribution is 9.09. The quantitative estimate of drug-likeness (QED) is 0.528. The molecule has 0 unspecified atom stereocenters. The summed E-state index contributed by atoms with van der Waals surface area (Å²) in [6.45, 7) is 3.26. The molecule has 1 rings (SSSR count). The molecule has 1 aliphatic rings. The SMILES string of the molecule is CC(=O)OCC1(CBr)COC1. The predicted molar refractivity (Wildman–Crippen MR) is 43.7 cm³/mol. The van der Waals surface area contributed by atoms with Crippen LogP contribution in [0.15, 0.2) is 0 Å². The van der Waals surface area contributed by atoms with E-state index in [2.05, 4.69) is 15.9 Å². The maximum atomic E-state index is 10.5. The molecule has 0 N–H and O–H groups in total. The molecule has 0 amide bonds. The van der Waals surface area contributed by atoms with Crippen LogP contribution in [0.3, 0.4) is 0 Å². The molecule has 1 saturated heterocycles. The number of esters is 1. The Bertz CT molecular complexity index is 148. The average molecular weight is 223 g/mol. The van der Waals surface area contributed by atoms with Crippen LogP contribution in [0.1, 0.15) is 6.92 Å². The van der Waals surface area contributed by atoms with E-state index < -0.39 is 0 Å². The molecule has 0 aromatic rings. The summed E-state index contributed by atoms with van der Waals surface area (Å²) in [4.78, 5) is 10.5. The first-order valence-corrected chi connectivity index (χ1v) is 4.58. The van der Waals surface area contributed by atoms with E-state index in [1.807, 2.05) is 0 Å². The smallest absolute Gasteiger partial charge is 0.302 e. The van der Waals surface area contributed by atoms with Gasteiger partial charge in [0.15, 0.2) is 0 Å². The molecule has 1 aliphatic heterocycles. The Morgan fingerprint density at radius 2 is 2.36 bits per heavy atom. The van der Waals surface area contributed by atoms with Crippen molar-refractivity contribution in [3.63, 3.8) is 0 Å². The summed E-state index contributed by atoms with van der Waals surface area (Å²) < 4.78 is 9.93. The van der Waals surface area contributed by atoms with Gasteiger partial charge in [-0.2, -0.15) is 0 Å². The Morgan fingerprint density at radius 1 is 1.73 bits per heavy atom. The first-order chi connectivity index (χ1) is 5.18. The summed E-state index contributed by atoms with van der Waals surface area (Å²) >= 11 is 3.36. The van der Waals surface area contributed by atoms with Crippen LogP contribution in [0.4, 0.5) is 0 Å². The van der Waals surface area contributed by atoms with Gasteiger partial charge >= 0.3 is 5.97 Å². The second-order valence-electron chi connectivity index (χ2n) is 2.91. The van der Waals surface area contributed by atoms with Crippen molar-refractivity contribution in [2.75, 3.05) is 25.2 Å². The Balaban J connectivity index is 2.27. The van der Waals surface area contributed by atoms with E-state index in [-0.39, 0.29) is 11.4 Å². The Morgan fingerprint density at radius 3 is 2.64 bits per heavy atom. The third-order valence-electron chi connectivity index (χ3n) is 1.68. The van der Waals surface area contributed by atoms with E-state index in [0.717, 1.165) is 5.33 Å². The van der Waals surface area contributed by atoms with Crippen LogP contribution < -0.4 is 0 Å². The van der Waals surface area contributed by atoms with Crippen LogP contribution >= 0.6 is 15.9 Å². The number of carbonyl (C=O) groups is 1. The van der Waals surface area contributed by atoms with Gasteiger partial charge in [0.25, 0.3) is 0 Å². The molecule has 0 saturated carbocycles. The van der Waals surface area contributed by atoms with E-state index in [4.69, 9.17) is 9.47 Å². The fraction of sp³-hybridized carbons (Fsp3) is 0.857. The highest BCUT2D eigenvalue weighted by Crippen LogP contribution is 2.29. The number of hydrogen-bond donors (Lipinski definition) is 0. The second-order valence-corrected chi connectivity index (χ2v) is 3.47. The summed E-state index contributed by atoms with van der Waals surface area (Å²) in [6, 6.07) is 0. The Labute approximate surface area is 74.2 Å². The van der Waals surface area contributed by atoms with E-state index in [9.17, 15) is 4.79 Å². The van der Waals surface area contributed by atoms with E-state index >= 15 is 0 Å². The van der Waals surface area contributed by atoms with Gasteiger partial charge in [0.1, 0.15) is 6.61 Å². The molecule has 0 atom stereocenters. The van der Waals surface area contributed by atoms with Crippen LogP contribution in [0.5, 0.6) is 0 Å². The van der Waals surface area contributed by atoms with Gasteiger partial charge in [0, 0.05) is 12.3 Å². The topological polar surface area (TPSA) is 35.5 Å². The third kappa shape index (κ3) is 2.17. The van der Waals surface area contributed by atoms with Gasteiger partial charge in [-0.05, 0) is 0 Å². The van der Waals surface area contributed by atoms with Crippen molar-refractivity contribution in [2.24, 2.45) is 5.41 Å². The van der Waals surface area contributed by atoms with Gasteiger partial charge in [-0.1, -0.05) is 15.9 Å². The van der Waals surface area contributed by atoms with Crippen LogP contribution in [0.25, 0.3) is 0 Å². The lowest BCUT2D eigenvalue weighted by atomic mass is 9.90. The molecule has 11 heavy (non-hydrogen) atoms. The van der Waals surface area contributed by atoms with Crippen LogP contribution in [0.2, 0.25) is 0 Å². The number of alkyl halides is 1. The zero-order valence-electron chi connectivity index (χ0n) is 6.43. The van der Waals surface area contributed by atoms with Crippen molar-refractivity contribution >= 4 is 21.9 Å². The summed E-state index contributed by atoms with van der Waals surface area (Å²) in [5.74, 6) is -0.225. The van der Waals surface area contributed by atoms with Crippen molar-refractivity contribution in [1.82, 2.24) is 0 Å². The molecule has 64 valence electrons. The largest absolute Gasteiger partial charge is 0.465 e. The monoisotopic (exact) mass is 222 g/mol. The maximum Gasteiger partial charge on any atom is 0.302 e. The van der Waals surface area contributed by atoms with Crippen molar-refractivity contribution < 1.29 is 14.3 Å². The van der Waals surface area contributed by atoms with Gasteiger partial charge in [-0.25, -0.2) is 0 Å². The van der Waals surface area contributed by atoms with Gasteiger partial charge in [0.05, 0.1) is 18.6 Å². The number of rotatable bonds is 3. The Hall–Kier alpha value is -0.0900. The van der Waals surface area contributed by atoms with Gasteiger partial charge < -0.3 is 9.47 Å². The van der Waals surface area contributed by atoms with Gasteiger partial charge in [-0.3, -0.25) is 4.79 Å². The van der Waals surface area contributed by atoms with Gasteiger partial charge in [0.2, 0.25) is 0 Å². The van der Waals surface area contributed by atoms with Gasteiger partial charge in [-0.15, -0.1) is 0 Å². The predicted octanol–water partition coefficient (Wildman–Crippen LogP) is 0.961. The summed E-state index contributed by atoms with van der Waals surface area (Å²) in [7, 11) is 0. The van der Waals surface area contributed by atoms with Crippen molar-refractivity contribution in [2.45, 2.75) is 6.92 Å². The Kier molecular flexibility index (Phi) is 2.90. The minimum Gasteiger partial charge on any atom is -0.465 e. The van der Waals surface area contributed by atoms with Crippen LogP contribution in [-0.2, 0) is 14.3 Å². The highest BCUT2D eigenvalue weighted by atomic mass is 79.9.